The lowest BCUT2D eigenvalue weighted by molar-refractivity contribution is -0.120. The van der Waals surface area contributed by atoms with Gasteiger partial charge in [-0.25, -0.2) is 4.98 Å². The zero-order valence-electron chi connectivity index (χ0n) is 12.2. The van der Waals surface area contributed by atoms with Gasteiger partial charge in [-0.1, -0.05) is 48.1 Å². The van der Waals surface area contributed by atoms with Crippen molar-refractivity contribution in [2.45, 2.75) is 19.3 Å². The molecule has 1 aromatic heterocycles. The molecule has 1 saturated carbocycles. The number of nitrogens with one attached hydrogen (secondary N) is 1. The van der Waals surface area contributed by atoms with Crippen LogP contribution in [0.2, 0.25) is 0 Å². The Balaban J connectivity index is 0.00000176. The van der Waals surface area contributed by atoms with Crippen LogP contribution in [0.5, 0.6) is 0 Å². The summed E-state index contributed by atoms with van der Waals surface area (Å²) in [5.74, 6) is 0.426. The van der Waals surface area contributed by atoms with E-state index in [1.807, 2.05) is 36.5 Å². The summed E-state index contributed by atoms with van der Waals surface area (Å²) in [6.07, 6.45) is 4.89. The molecule has 0 saturated heterocycles. The molecule has 1 aromatic carbocycles. The molecular weight excluding hydrogens is 318 g/mol. The third kappa shape index (κ3) is 3.66. The van der Waals surface area contributed by atoms with Crippen molar-refractivity contribution in [3.63, 3.8) is 0 Å². The Bertz CT molecular complexity index is 617. The second-order valence-corrected chi connectivity index (χ2v) is 6.45. The van der Waals surface area contributed by atoms with Gasteiger partial charge in [-0.2, -0.15) is 0 Å². The molecule has 3 rings (SSSR count). The van der Waals surface area contributed by atoms with Crippen LogP contribution in [0.25, 0.3) is 10.4 Å². The fourth-order valence-corrected chi connectivity index (χ4v) is 3.75. The molecule has 0 bridgehead atoms. The molecule has 0 unspecified atom stereocenters. The molecule has 3 N–H and O–H groups in total. The third-order valence-corrected chi connectivity index (χ3v) is 5.05. The Morgan fingerprint density at radius 1 is 1.32 bits per heavy atom. The minimum absolute atomic E-state index is 0. The van der Waals surface area contributed by atoms with Gasteiger partial charge in [-0.05, 0) is 30.9 Å². The van der Waals surface area contributed by atoms with Crippen LogP contribution in [-0.4, -0.2) is 17.4 Å². The van der Waals surface area contributed by atoms with E-state index in [9.17, 15) is 4.79 Å². The minimum Gasteiger partial charge on any atom is -0.330 e. The van der Waals surface area contributed by atoms with Gasteiger partial charge in [0.2, 0.25) is 5.91 Å². The number of hydrogen-bond donors (Lipinski definition) is 2. The van der Waals surface area contributed by atoms with Crippen LogP contribution in [0.15, 0.2) is 36.5 Å². The number of halogens is 1. The number of amides is 1. The third-order valence-electron chi connectivity index (χ3n) is 4.09. The number of nitrogens with two attached hydrogens (primary N) is 1. The van der Waals surface area contributed by atoms with Crippen LogP contribution in [0.3, 0.4) is 0 Å². The summed E-state index contributed by atoms with van der Waals surface area (Å²) >= 11 is 1.51. The average Bonchev–Trinajstić information content (AvgIpc) is 3.16. The van der Waals surface area contributed by atoms with Crippen molar-refractivity contribution in [2.75, 3.05) is 11.9 Å². The van der Waals surface area contributed by atoms with Gasteiger partial charge in [0.25, 0.3) is 0 Å². The predicted octanol–water partition coefficient (Wildman–Crippen LogP) is 3.55. The summed E-state index contributed by atoms with van der Waals surface area (Å²) in [6, 6.07) is 10.1. The quantitative estimate of drug-likeness (QED) is 0.896. The largest absolute Gasteiger partial charge is 0.330 e. The first-order chi connectivity index (χ1) is 10.3. The lowest BCUT2D eigenvalue weighted by Gasteiger charge is -2.16. The maximum atomic E-state index is 12.3. The Kier molecular flexibility index (Phi) is 5.94. The number of thiazole rings is 1. The van der Waals surface area contributed by atoms with E-state index in [0.29, 0.717) is 17.6 Å². The molecule has 2 aromatic rings. The number of carbonyl (C=O) groups excluding carboxylic acids is 1. The maximum absolute atomic E-state index is 12.3. The number of rotatable bonds is 4. The number of anilines is 1. The molecule has 1 aliphatic carbocycles. The second kappa shape index (κ2) is 7.72. The molecule has 4 nitrogen and oxygen atoms in total. The maximum Gasteiger partial charge on any atom is 0.229 e. The molecule has 6 heteroatoms. The molecule has 1 amide bonds. The van der Waals surface area contributed by atoms with Gasteiger partial charge >= 0.3 is 0 Å². The predicted molar refractivity (Wildman–Crippen MR) is 93.3 cm³/mol. The smallest absolute Gasteiger partial charge is 0.229 e. The van der Waals surface area contributed by atoms with Gasteiger partial charge in [-0.3, -0.25) is 4.79 Å². The van der Waals surface area contributed by atoms with E-state index in [1.54, 1.807) is 0 Å². The van der Waals surface area contributed by atoms with Gasteiger partial charge < -0.3 is 11.1 Å². The topological polar surface area (TPSA) is 68.0 Å². The van der Waals surface area contributed by atoms with E-state index < -0.39 is 0 Å². The van der Waals surface area contributed by atoms with E-state index in [4.69, 9.17) is 5.73 Å². The standard InChI is InChI=1S/C16H19N3OS.ClH/c17-9-12-7-4-8-13(12)15(20)19-16-18-10-14(21-16)11-5-2-1-3-6-11;/h1-3,5-6,10,12-13H,4,7-9,17H2,(H,18,19,20);1H/t12-,13-;/m1./s1. The van der Waals surface area contributed by atoms with Gasteiger partial charge in [0, 0.05) is 12.1 Å². The monoisotopic (exact) mass is 337 g/mol. The summed E-state index contributed by atoms with van der Waals surface area (Å²) < 4.78 is 0. The van der Waals surface area contributed by atoms with Crippen molar-refractivity contribution in [1.82, 2.24) is 4.98 Å². The van der Waals surface area contributed by atoms with Crippen molar-refractivity contribution in [2.24, 2.45) is 17.6 Å². The highest BCUT2D eigenvalue weighted by atomic mass is 35.5. The molecule has 22 heavy (non-hydrogen) atoms. The normalized spacial score (nSPS) is 20.4. The Hall–Kier alpha value is -1.43. The first-order valence-electron chi connectivity index (χ1n) is 7.30. The van der Waals surface area contributed by atoms with E-state index in [0.717, 1.165) is 29.7 Å². The molecule has 0 radical (unpaired) electrons. The van der Waals surface area contributed by atoms with Crippen LogP contribution in [0.1, 0.15) is 19.3 Å². The minimum atomic E-state index is 0. The Morgan fingerprint density at radius 3 is 2.82 bits per heavy atom. The molecule has 0 aliphatic heterocycles. The second-order valence-electron chi connectivity index (χ2n) is 5.42. The molecule has 1 aliphatic rings. The molecule has 2 atom stereocenters. The molecule has 118 valence electrons. The highest BCUT2D eigenvalue weighted by Gasteiger charge is 2.32. The zero-order valence-corrected chi connectivity index (χ0v) is 13.8. The SMILES string of the molecule is Cl.NC[C@H]1CCC[C@H]1C(=O)Nc1ncc(-c2ccccc2)s1. The molecule has 1 fully saturated rings. The number of benzene rings is 1. The highest BCUT2D eigenvalue weighted by Crippen LogP contribution is 2.33. The molecule has 1 heterocycles. The van der Waals surface area contributed by atoms with Crippen LogP contribution >= 0.6 is 23.7 Å². The fourth-order valence-electron chi connectivity index (χ4n) is 2.93. The summed E-state index contributed by atoms with van der Waals surface area (Å²) in [4.78, 5) is 17.7. The van der Waals surface area contributed by atoms with Crippen LogP contribution in [0, 0.1) is 11.8 Å². The zero-order chi connectivity index (χ0) is 14.7. The summed E-state index contributed by atoms with van der Waals surface area (Å²) in [6.45, 7) is 0.589. The van der Waals surface area contributed by atoms with E-state index in [-0.39, 0.29) is 24.2 Å². The molecule has 0 spiro atoms. The van der Waals surface area contributed by atoms with E-state index in [2.05, 4.69) is 10.3 Å². The van der Waals surface area contributed by atoms with E-state index >= 15 is 0 Å². The first-order valence-corrected chi connectivity index (χ1v) is 8.12. The number of carbonyl (C=O) groups is 1. The fraction of sp³-hybridized carbons (Fsp3) is 0.375. The summed E-state index contributed by atoms with van der Waals surface area (Å²) in [5, 5.41) is 3.62. The van der Waals surface area contributed by atoms with Crippen molar-refractivity contribution in [1.29, 1.82) is 0 Å². The lowest BCUT2D eigenvalue weighted by Crippen LogP contribution is -2.29. The van der Waals surface area contributed by atoms with Crippen molar-refractivity contribution in [3.8, 4) is 10.4 Å². The van der Waals surface area contributed by atoms with Crippen LogP contribution in [0.4, 0.5) is 5.13 Å². The average molecular weight is 338 g/mol. The van der Waals surface area contributed by atoms with Gasteiger partial charge in [-0.15, -0.1) is 12.4 Å². The Labute approximate surface area is 140 Å². The van der Waals surface area contributed by atoms with E-state index in [1.165, 1.54) is 11.3 Å². The summed E-state index contributed by atoms with van der Waals surface area (Å²) in [5.41, 5.74) is 6.86. The van der Waals surface area contributed by atoms with Gasteiger partial charge in [0.05, 0.1) is 4.88 Å². The number of hydrogen-bond acceptors (Lipinski definition) is 4. The van der Waals surface area contributed by atoms with Gasteiger partial charge in [0.1, 0.15) is 0 Å². The van der Waals surface area contributed by atoms with Crippen molar-refractivity contribution >= 4 is 34.8 Å². The summed E-state index contributed by atoms with van der Waals surface area (Å²) in [7, 11) is 0. The van der Waals surface area contributed by atoms with Gasteiger partial charge in [0.15, 0.2) is 5.13 Å². The number of nitrogens with zero attached hydrogens (tertiary/aromatic N) is 1. The molecular formula is C16H20ClN3OS. The lowest BCUT2D eigenvalue weighted by atomic mass is 9.95. The first kappa shape index (κ1) is 16.9. The highest BCUT2D eigenvalue weighted by molar-refractivity contribution is 7.19. The van der Waals surface area contributed by atoms with Crippen molar-refractivity contribution < 1.29 is 4.79 Å². The van der Waals surface area contributed by atoms with Crippen LogP contribution < -0.4 is 11.1 Å². The van der Waals surface area contributed by atoms with Crippen LogP contribution in [-0.2, 0) is 4.79 Å². The number of aromatic nitrogens is 1. The Morgan fingerprint density at radius 2 is 2.09 bits per heavy atom. The van der Waals surface area contributed by atoms with Crippen molar-refractivity contribution in [3.05, 3.63) is 36.5 Å².